The average molecular weight is 275 g/mol. The monoisotopic (exact) mass is 275 g/mol. The van der Waals surface area contributed by atoms with Gasteiger partial charge in [-0.3, -0.25) is 0 Å². The molecule has 0 fully saturated rings. The standard InChI is InChI=1S/C13H10F5N/c14-10-6-5-9(7-3-1-2-4-8(7)10)11(19)13(17,18)12(15)16/h1-6,11-12H,19H2. The molecule has 0 amide bonds. The third-order valence-electron chi connectivity index (χ3n) is 2.95. The van der Waals surface area contributed by atoms with E-state index in [4.69, 9.17) is 5.73 Å². The molecule has 0 saturated heterocycles. The summed E-state index contributed by atoms with van der Waals surface area (Å²) >= 11 is 0. The van der Waals surface area contributed by atoms with Crippen molar-refractivity contribution >= 4 is 10.8 Å². The molecule has 1 unspecified atom stereocenters. The Morgan fingerprint density at radius 3 is 2.11 bits per heavy atom. The van der Waals surface area contributed by atoms with Crippen molar-refractivity contribution in [2.45, 2.75) is 18.4 Å². The second-order valence-corrected chi connectivity index (χ2v) is 4.14. The van der Waals surface area contributed by atoms with E-state index in [0.717, 1.165) is 12.1 Å². The van der Waals surface area contributed by atoms with Crippen molar-refractivity contribution in [2.75, 3.05) is 0 Å². The maximum absolute atomic E-state index is 13.5. The third kappa shape index (κ3) is 2.28. The van der Waals surface area contributed by atoms with Crippen molar-refractivity contribution in [3.63, 3.8) is 0 Å². The van der Waals surface area contributed by atoms with E-state index in [1.165, 1.54) is 24.3 Å². The van der Waals surface area contributed by atoms with Gasteiger partial charge in [-0.1, -0.05) is 30.3 Å². The highest BCUT2D eigenvalue weighted by Gasteiger charge is 2.48. The molecule has 1 nitrogen and oxygen atoms in total. The van der Waals surface area contributed by atoms with Crippen LogP contribution in [-0.4, -0.2) is 12.3 Å². The van der Waals surface area contributed by atoms with Gasteiger partial charge in [0.25, 0.3) is 0 Å². The molecule has 102 valence electrons. The molecule has 0 saturated carbocycles. The Hall–Kier alpha value is -1.69. The Balaban J connectivity index is 2.61. The van der Waals surface area contributed by atoms with Crippen molar-refractivity contribution < 1.29 is 22.0 Å². The molecular weight excluding hydrogens is 265 g/mol. The minimum atomic E-state index is -4.37. The van der Waals surface area contributed by atoms with Crippen LogP contribution in [0.4, 0.5) is 22.0 Å². The van der Waals surface area contributed by atoms with Crippen molar-refractivity contribution in [2.24, 2.45) is 5.73 Å². The lowest BCUT2D eigenvalue weighted by Gasteiger charge is -2.24. The van der Waals surface area contributed by atoms with Crippen LogP contribution in [0.5, 0.6) is 0 Å². The molecule has 0 aromatic heterocycles. The summed E-state index contributed by atoms with van der Waals surface area (Å²) < 4.78 is 64.7. The number of alkyl halides is 4. The third-order valence-corrected chi connectivity index (χ3v) is 2.95. The van der Waals surface area contributed by atoms with E-state index in [-0.39, 0.29) is 16.3 Å². The van der Waals surface area contributed by atoms with E-state index in [2.05, 4.69) is 0 Å². The Bertz CT molecular complexity index is 597. The van der Waals surface area contributed by atoms with Crippen LogP contribution in [0.1, 0.15) is 11.6 Å². The molecule has 0 aliphatic carbocycles. The van der Waals surface area contributed by atoms with E-state index >= 15 is 0 Å². The number of benzene rings is 2. The van der Waals surface area contributed by atoms with Gasteiger partial charge >= 0.3 is 12.3 Å². The Morgan fingerprint density at radius 2 is 1.53 bits per heavy atom. The molecule has 0 aliphatic rings. The molecular formula is C13H10F5N. The number of nitrogens with two attached hydrogens (primary N) is 1. The SMILES string of the molecule is NC(c1ccc(F)c2ccccc12)C(F)(F)C(F)F. The van der Waals surface area contributed by atoms with Crippen molar-refractivity contribution in [1.82, 2.24) is 0 Å². The first-order valence-electron chi connectivity index (χ1n) is 5.44. The lowest BCUT2D eigenvalue weighted by Crippen LogP contribution is -2.39. The van der Waals surface area contributed by atoms with Gasteiger partial charge in [0, 0.05) is 5.39 Å². The van der Waals surface area contributed by atoms with Crippen LogP contribution < -0.4 is 5.73 Å². The number of hydrogen-bond donors (Lipinski definition) is 1. The number of hydrogen-bond acceptors (Lipinski definition) is 1. The molecule has 0 aliphatic heterocycles. The summed E-state index contributed by atoms with van der Waals surface area (Å²) in [4.78, 5) is 0. The quantitative estimate of drug-likeness (QED) is 0.845. The van der Waals surface area contributed by atoms with E-state index in [0.29, 0.717) is 0 Å². The van der Waals surface area contributed by atoms with Gasteiger partial charge in [-0.15, -0.1) is 0 Å². The lowest BCUT2D eigenvalue weighted by molar-refractivity contribution is -0.144. The smallest absolute Gasteiger partial charge is 0.319 e. The summed E-state index contributed by atoms with van der Waals surface area (Å²) in [7, 11) is 0. The average Bonchev–Trinajstić information content (AvgIpc) is 2.38. The van der Waals surface area contributed by atoms with Crippen LogP contribution in [0.3, 0.4) is 0 Å². The van der Waals surface area contributed by atoms with Gasteiger partial charge in [-0.25, -0.2) is 13.2 Å². The Labute approximate surface area is 105 Å². The number of fused-ring (bicyclic) bond motifs is 1. The van der Waals surface area contributed by atoms with Crippen LogP contribution in [0.15, 0.2) is 36.4 Å². The van der Waals surface area contributed by atoms with Crippen molar-refractivity contribution in [3.8, 4) is 0 Å². The fraction of sp³-hybridized carbons (Fsp3) is 0.231. The van der Waals surface area contributed by atoms with Gasteiger partial charge in [-0.05, 0) is 17.0 Å². The van der Waals surface area contributed by atoms with E-state index in [1.54, 1.807) is 0 Å². The van der Waals surface area contributed by atoms with Crippen LogP contribution in [0.2, 0.25) is 0 Å². The molecule has 2 N–H and O–H groups in total. The van der Waals surface area contributed by atoms with Gasteiger partial charge < -0.3 is 5.73 Å². The first-order valence-corrected chi connectivity index (χ1v) is 5.44. The normalized spacial score (nSPS) is 14.1. The predicted octanol–water partition coefficient (Wildman–Crippen LogP) is 3.88. The molecule has 1 atom stereocenters. The van der Waals surface area contributed by atoms with Crippen LogP contribution >= 0.6 is 0 Å². The molecule has 0 bridgehead atoms. The van der Waals surface area contributed by atoms with Gasteiger partial charge in [0.15, 0.2) is 0 Å². The van der Waals surface area contributed by atoms with E-state index < -0.39 is 24.2 Å². The number of halogens is 5. The van der Waals surface area contributed by atoms with E-state index in [9.17, 15) is 22.0 Å². The molecule has 0 heterocycles. The fourth-order valence-electron chi connectivity index (χ4n) is 1.90. The summed E-state index contributed by atoms with van der Waals surface area (Å²) in [6, 6.07) is 5.52. The zero-order valence-electron chi connectivity index (χ0n) is 9.59. The minimum absolute atomic E-state index is 0.0699. The topological polar surface area (TPSA) is 26.0 Å². The molecule has 0 radical (unpaired) electrons. The second-order valence-electron chi connectivity index (χ2n) is 4.14. The number of rotatable bonds is 3. The summed E-state index contributed by atoms with van der Waals surface area (Å²) in [6.45, 7) is 0. The molecule has 2 aromatic rings. The van der Waals surface area contributed by atoms with Crippen LogP contribution in [0, 0.1) is 5.82 Å². The highest BCUT2D eigenvalue weighted by Crippen LogP contribution is 2.37. The van der Waals surface area contributed by atoms with Gasteiger partial charge in [0.1, 0.15) is 11.9 Å². The Morgan fingerprint density at radius 1 is 0.947 bits per heavy atom. The lowest BCUT2D eigenvalue weighted by atomic mass is 9.95. The van der Waals surface area contributed by atoms with E-state index in [1.807, 2.05) is 0 Å². The summed E-state index contributed by atoms with van der Waals surface area (Å²) in [5.41, 5.74) is 5.03. The fourth-order valence-corrected chi connectivity index (χ4v) is 1.90. The first-order chi connectivity index (χ1) is 8.85. The highest BCUT2D eigenvalue weighted by atomic mass is 19.3. The summed E-state index contributed by atoms with van der Waals surface area (Å²) in [5.74, 6) is -4.99. The predicted molar refractivity (Wildman–Crippen MR) is 61.8 cm³/mol. The maximum atomic E-state index is 13.5. The molecule has 19 heavy (non-hydrogen) atoms. The highest BCUT2D eigenvalue weighted by molar-refractivity contribution is 5.86. The van der Waals surface area contributed by atoms with Gasteiger partial charge in [0.05, 0.1) is 0 Å². The largest absolute Gasteiger partial charge is 0.326 e. The zero-order chi connectivity index (χ0) is 14.2. The Kier molecular flexibility index (Phi) is 3.45. The maximum Gasteiger partial charge on any atom is 0.326 e. The van der Waals surface area contributed by atoms with Crippen molar-refractivity contribution in [1.29, 1.82) is 0 Å². The van der Waals surface area contributed by atoms with Gasteiger partial charge in [0.2, 0.25) is 0 Å². The van der Waals surface area contributed by atoms with Crippen molar-refractivity contribution in [3.05, 3.63) is 47.8 Å². The molecule has 6 heteroatoms. The summed E-state index contributed by atoms with van der Waals surface area (Å²) in [5, 5.41) is 0.177. The molecule has 0 spiro atoms. The second kappa shape index (κ2) is 4.77. The van der Waals surface area contributed by atoms with Crippen LogP contribution in [0.25, 0.3) is 10.8 Å². The molecule has 2 rings (SSSR count). The van der Waals surface area contributed by atoms with Gasteiger partial charge in [-0.2, -0.15) is 8.78 Å². The first kappa shape index (κ1) is 13.7. The van der Waals surface area contributed by atoms with Crippen LogP contribution in [-0.2, 0) is 0 Å². The minimum Gasteiger partial charge on any atom is -0.319 e. The summed E-state index contributed by atoms with van der Waals surface area (Å²) in [6.07, 6.45) is -3.88. The molecule has 2 aromatic carbocycles. The zero-order valence-corrected chi connectivity index (χ0v) is 9.59.